The zero-order valence-corrected chi connectivity index (χ0v) is 14.9. The minimum Gasteiger partial charge on any atom is -0.313 e. The highest BCUT2D eigenvalue weighted by molar-refractivity contribution is 6.52. The van der Waals surface area contributed by atoms with Crippen molar-refractivity contribution in [1.29, 1.82) is 0 Å². The lowest BCUT2D eigenvalue weighted by Gasteiger charge is -2.35. The predicted octanol–water partition coefficient (Wildman–Crippen LogP) is 4.96. The van der Waals surface area contributed by atoms with Crippen LogP contribution in [-0.2, 0) is 4.79 Å². The molecule has 0 saturated heterocycles. The normalized spacial score (nSPS) is 20.7. The van der Waals surface area contributed by atoms with Gasteiger partial charge >= 0.3 is 0 Å². The smallest absolute Gasteiger partial charge is 0.255 e. The summed E-state index contributed by atoms with van der Waals surface area (Å²) in [5.74, 6) is -0.544. The summed E-state index contributed by atoms with van der Waals surface area (Å²) in [5, 5.41) is 0. The van der Waals surface area contributed by atoms with E-state index in [4.69, 9.17) is 11.6 Å². The molecule has 0 spiro atoms. The lowest BCUT2D eigenvalue weighted by atomic mass is 9.85. The number of hydrogen-bond donors (Lipinski definition) is 0. The molecule has 0 aromatic heterocycles. The maximum absolute atomic E-state index is 12.7. The van der Waals surface area contributed by atoms with E-state index in [0.717, 1.165) is 19.3 Å². The monoisotopic (exact) mass is 335 g/mol. The van der Waals surface area contributed by atoms with Gasteiger partial charge in [-0.05, 0) is 18.6 Å². The number of ketones is 1. The molecule has 1 aromatic carbocycles. The average molecular weight is 336 g/mol. The Morgan fingerprint density at radius 1 is 1.00 bits per heavy atom. The van der Waals surface area contributed by atoms with Gasteiger partial charge in [-0.15, -0.1) is 0 Å². The van der Waals surface area contributed by atoms with Crippen LogP contribution in [0.3, 0.4) is 0 Å². The molecule has 1 aliphatic rings. The third kappa shape index (κ3) is 3.77. The lowest BCUT2D eigenvalue weighted by molar-refractivity contribution is -0.120. The Balaban J connectivity index is 1.98. The highest BCUT2D eigenvalue weighted by atomic mass is 35.5. The van der Waals surface area contributed by atoms with E-state index >= 15 is 0 Å². The van der Waals surface area contributed by atoms with Crippen LogP contribution in [0.25, 0.3) is 0 Å². The molecular formula is C19H26ClNO2. The van der Waals surface area contributed by atoms with Gasteiger partial charge in [0.05, 0.1) is 5.69 Å². The molecule has 3 nitrogen and oxygen atoms in total. The molecule has 1 aromatic rings. The maximum Gasteiger partial charge on any atom is 0.255 e. The quantitative estimate of drug-likeness (QED) is 0.382. The molecule has 0 N–H and O–H groups in total. The number of alkyl halides is 1. The number of halogens is 1. The van der Waals surface area contributed by atoms with Gasteiger partial charge in [-0.1, -0.05) is 75.6 Å². The molecule has 1 aliphatic heterocycles. The van der Waals surface area contributed by atoms with Crippen LogP contribution in [0.4, 0.5) is 5.69 Å². The van der Waals surface area contributed by atoms with E-state index in [1.165, 1.54) is 30.6 Å². The molecule has 126 valence electrons. The first-order valence-electron chi connectivity index (χ1n) is 8.63. The molecule has 0 bridgehead atoms. The van der Waals surface area contributed by atoms with E-state index in [2.05, 4.69) is 6.92 Å². The van der Waals surface area contributed by atoms with Crippen LogP contribution in [-0.4, -0.2) is 23.6 Å². The molecule has 4 heteroatoms. The van der Waals surface area contributed by atoms with Crippen LogP contribution in [0.15, 0.2) is 24.3 Å². The second-order valence-corrected chi connectivity index (χ2v) is 7.03. The van der Waals surface area contributed by atoms with Crippen LogP contribution in [0.2, 0.25) is 0 Å². The number of amides is 1. The molecule has 1 heterocycles. The number of nitrogens with zero attached hydrogens (tertiary/aromatic N) is 1. The van der Waals surface area contributed by atoms with Crippen LogP contribution >= 0.6 is 11.6 Å². The van der Waals surface area contributed by atoms with Crippen molar-refractivity contribution >= 4 is 29.0 Å². The third-order valence-electron chi connectivity index (χ3n) is 4.64. The number of benzene rings is 1. The topological polar surface area (TPSA) is 37.4 Å². The summed E-state index contributed by atoms with van der Waals surface area (Å²) in [5.41, 5.74) is 1.20. The SMILES string of the molecule is CCCCCCCCCC1(Cl)C(=O)c2ccccc2N(C)C1=O. The van der Waals surface area contributed by atoms with Gasteiger partial charge in [-0.2, -0.15) is 0 Å². The second-order valence-electron chi connectivity index (χ2n) is 6.38. The molecule has 0 saturated carbocycles. The van der Waals surface area contributed by atoms with Crippen LogP contribution < -0.4 is 4.90 Å². The standard InChI is InChI=1S/C19H26ClNO2/c1-3-4-5-6-7-8-11-14-19(20)17(22)15-12-9-10-13-16(15)21(2)18(19)23/h9-10,12-13H,3-8,11,14H2,1-2H3. The van der Waals surface area contributed by atoms with Gasteiger partial charge in [0.25, 0.3) is 5.91 Å². The Kier molecular flexibility index (Phi) is 6.23. The van der Waals surface area contributed by atoms with Crippen molar-refractivity contribution < 1.29 is 9.59 Å². The number of Topliss-reactive ketones (excluding diaryl/α,β-unsaturated/α-hetero) is 1. The van der Waals surface area contributed by atoms with Gasteiger partial charge in [0, 0.05) is 12.6 Å². The summed E-state index contributed by atoms with van der Waals surface area (Å²) in [6.45, 7) is 2.20. The fraction of sp³-hybridized carbons (Fsp3) is 0.579. The van der Waals surface area contributed by atoms with Crippen molar-refractivity contribution in [3.05, 3.63) is 29.8 Å². The number of para-hydroxylation sites is 1. The molecule has 0 radical (unpaired) electrons. The van der Waals surface area contributed by atoms with Crippen molar-refractivity contribution in [1.82, 2.24) is 0 Å². The molecule has 2 rings (SSSR count). The van der Waals surface area contributed by atoms with Crippen molar-refractivity contribution in [2.45, 2.75) is 63.2 Å². The first-order valence-corrected chi connectivity index (χ1v) is 9.01. The summed E-state index contributed by atoms with van der Waals surface area (Å²) in [6.07, 6.45) is 8.37. The highest BCUT2D eigenvalue weighted by Crippen LogP contribution is 2.38. The summed E-state index contributed by atoms with van der Waals surface area (Å²) in [6, 6.07) is 7.18. The Hall–Kier alpha value is -1.35. The van der Waals surface area contributed by atoms with Crippen LogP contribution in [0.5, 0.6) is 0 Å². The van der Waals surface area contributed by atoms with Gasteiger partial charge < -0.3 is 4.90 Å². The van der Waals surface area contributed by atoms with Gasteiger partial charge in [0.1, 0.15) is 0 Å². The van der Waals surface area contributed by atoms with E-state index < -0.39 is 4.87 Å². The Bertz CT molecular complexity index is 572. The summed E-state index contributed by atoms with van der Waals surface area (Å²) >= 11 is 6.52. The number of fused-ring (bicyclic) bond motifs is 1. The van der Waals surface area contributed by atoms with E-state index in [1.807, 2.05) is 12.1 Å². The number of hydrogen-bond acceptors (Lipinski definition) is 2. The van der Waals surface area contributed by atoms with E-state index in [9.17, 15) is 9.59 Å². The van der Waals surface area contributed by atoms with E-state index in [-0.39, 0.29) is 11.7 Å². The molecule has 1 unspecified atom stereocenters. The third-order valence-corrected chi connectivity index (χ3v) is 5.16. The molecule has 1 amide bonds. The second kappa shape index (κ2) is 7.96. The number of carbonyl (C=O) groups is 2. The van der Waals surface area contributed by atoms with Crippen molar-refractivity contribution in [2.24, 2.45) is 0 Å². The lowest BCUT2D eigenvalue weighted by Crippen LogP contribution is -2.53. The fourth-order valence-electron chi connectivity index (χ4n) is 3.19. The van der Waals surface area contributed by atoms with E-state index in [0.29, 0.717) is 17.7 Å². The molecule has 0 fully saturated rings. The van der Waals surface area contributed by atoms with Crippen molar-refractivity contribution in [3.63, 3.8) is 0 Å². The summed E-state index contributed by atoms with van der Waals surface area (Å²) in [7, 11) is 1.69. The minimum absolute atomic E-state index is 0.246. The average Bonchev–Trinajstić information content (AvgIpc) is 2.57. The fourth-order valence-corrected chi connectivity index (χ4v) is 3.55. The Morgan fingerprint density at radius 2 is 1.61 bits per heavy atom. The largest absolute Gasteiger partial charge is 0.313 e. The zero-order valence-electron chi connectivity index (χ0n) is 14.1. The number of anilines is 1. The highest BCUT2D eigenvalue weighted by Gasteiger charge is 2.50. The van der Waals surface area contributed by atoms with Crippen LogP contribution in [0, 0.1) is 0 Å². The summed E-state index contributed by atoms with van der Waals surface area (Å²) < 4.78 is 0. The summed E-state index contributed by atoms with van der Waals surface area (Å²) in [4.78, 5) is 25.4. The van der Waals surface area contributed by atoms with Gasteiger partial charge in [0.2, 0.25) is 0 Å². The van der Waals surface area contributed by atoms with Crippen molar-refractivity contribution in [3.8, 4) is 0 Å². The Labute approximate surface area is 144 Å². The van der Waals surface area contributed by atoms with Gasteiger partial charge in [-0.25, -0.2) is 0 Å². The predicted molar refractivity (Wildman–Crippen MR) is 95.4 cm³/mol. The zero-order chi connectivity index (χ0) is 16.9. The number of unbranched alkanes of at least 4 members (excludes halogenated alkanes) is 6. The minimum atomic E-state index is -1.42. The molecular weight excluding hydrogens is 310 g/mol. The molecule has 23 heavy (non-hydrogen) atoms. The first kappa shape index (κ1) is 18.0. The molecule has 0 aliphatic carbocycles. The Morgan fingerprint density at radius 3 is 2.30 bits per heavy atom. The molecule has 1 atom stereocenters. The number of carbonyl (C=O) groups excluding carboxylic acids is 2. The van der Waals surface area contributed by atoms with Crippen molar-refractivity contribution in [2.75, 3.05) is 11.9 Å². The van der Waals surface area contributed by atoms with Gasteiger partial charge in [0.15, 0.2) is 10.7 Å². The van der Waals surface area contributed by atoms with Crippen LogP contribution in [0.1, 0.15) is 68.6 Å². The first-order chi connectivity index (χ1) is 11.0. The van der Waals surface area contributed by atoms with Gasteiger partial charge in [-0.3, -0.25) is 9.59 Å². The maximum atomic E-state index is 12.7. The number of rotatable bonds is 8. The van der Waals surface area contributed by atoms with E-state index in [1.54, 1.807) is 19.2 Å².